The fraction of sp³-hybridized carbons (Fsp3) is 0. The first-order valence-corrected chi connectivity index (χ1v) is 47.4. The van der Waals surface area contributed by atoms with Gasteiger partial charge in [-0.15, -0.1) is 0 Å². The molecule has 6 aromatic heterocycles. The van der Waals surface area contributed by atoms with E-state index in [-0.39, 0.29) is 0 Å². The Morgan fingerprint density at radius 2 is 0.297 bits per heavy atom. The molecule has 6 heterocycles. The lowest BCUT2D eigenvalue weighted by Gasteiger charge is -2.15. The summed E-state index contributed by atoms with van der Waals surface area (Å²) in [5.74, 6) is 0. The molecule has 22 aromatic carbocycles. The van der Waals surface area contributed by atoms with E-state index in [0.29, 0.717) is 0 Å². The van der Waals surface area contributed by atoms with Crippen molar-refractivity contribution < 1.29 is 0 Å². The second-order valence-electron chi connectivity index (χ2n) is 35.8. The number of hydrogen-bond acceptors (Lipinski definition) is 0. The normalized spacial score (nSPS) is 11.6. The van der Waals surface area contributed by atoms with Crippen molar-refractivity contribution in [2.45, 2.75) is 0 Å². The highest BCUT2D eigenvalue weighted by Crippen LogP contribution is 2.49. The lowest BCUT2D eigenvalue weighted by Crippen LogP contribution is -1.97. The summed E-state index contributed by atoms with van der Waals surface area (Å²) in [6.45, 7) is 0. The van der Waals surface area contributed by atoms with Crippen LogP contribution in [-0.2, 0) is 0 Å². The van der Waals surface area contributed by atoms with Crippen LogP contribution in [0.2, 0.25) is 0 Å². The van der Waals surface area contributed by atoms with E-state index in [1.54, 1.807) is 0 Å². The van der Waals surface area contributed by atoms with Gasteiger partial charge < -0.3 is 27.4 Å². The molecule has 6 heteroatoms. The molecule has 0 unspecified atom stereocenters. The molecule has 0 radical (unpaired) electrons. The van der Waals surface area contributed by atoms with Crippen LogP contribution < -0.4 is 0 Å². The van der Waals surface area contributed by atoms with Crippen LogP contribution in [0.25, 0.3) is 243 Å². The van der Waals surface area contributed by atoms with Gasteiger partial charge in [-0.25, -0.2) is 0 Å². The van der Waals surface area contributed by atoms with Crippen LogP contribution in [0.15, 0.2) is 534 Å². The maximum atomic E-state index is 2.50. The zero-order valence-electron chi connectivity index (χ0n) is 75.5. The summed E-state index contributed by atoms with van der Waals surface area (Å²) in [6.07, 6.45) is 0. The number of nitrogens with zero attached hydrogens (tertiary/aromatic N) is 6. The van der Waals surface area contributed by atoms with Gasteiger partial charge in [0, 0.05) is 98.8 Å². The fourth-order valence-corrected chi connectivity index (χ4v) is 21.7. The van der Waals surface area contributed by atoms with Gasteiger partial charge in [0.1, 0.15) is 0 Å². The zero-order valence-corrected chi connectivity index (χ0v) is 75.5. The first kappa shape index (κ1) is 80.5. The topological polar surface area (TPSA) is 29.6 Å². The molecule has 0 saturated heterocycles. The molecule has 0 saturated carbocycles. The predicted molar refractivity (Wildman–Crippen MR) is 583 cm³/mol. The number of fused-ring (bicyclic) bond motifs is 21. The van der Waals surface area contributed by atoms with Crippen LogP contribution in [0.1, 0.15) is 0 Å². The first-order chi connectivity index (χ1) is 68.5. The van der Waals surface area contributed by atoms with Gasteiger partial charge in [0.05, 0.1) is 66.2 Å². The summed E-state index contributed by atoms with van der Waals surface area (Å²) in [5, 5.41) is 15.1. The minimum absolute atomic E-state index is 1.15. The van der Waals surface area contributed by atoms with Crippen molar-refractivity contribution in [2.24, 2.45) is 0 Å². The van der Waals surface area contributed by atoms with Crippen LogP contribution in [0.5, 0.6) is 0 Å². The van der Waals surface area contributed by atoms with E-state index in [4.69, 9.17) is 0 Å². The SMILES string of the molecule is c1ccc(-c2ccc(-n3c4ccccc4c4c3ccc3c5ccccc5n(-c5cc(-c6ccccc6)cc(-c6ccccc6)c5)c34)cc2)cc1.c1ccc(-c2ccc(-n3c4ccccc4c4ccc5c(c6ccccc6n5-c5cccc(-c6ccccc6)c5)c43)cc2)cc1.c1ccc(-c2cccc(-n3c4ccccc4c4c3ccc3c5ccccc5n(-c5cccc(-c6ccccc6)c5)c34)c2)cc1. The first-order valence-electron chi connectivity index (χ1n) is 47.4. The Hall–Kier alpha value is -18.4. The summed E-state index contributed by atoms with van der Waals surface area (Å²) in [6, 6.07) is 193. The average Bonchev–Trinajstić information content (AvgIpc) is 1.55. The molecule has 6 nitrogen and oxygen atoms in total. The average molecular weight is 1760 g/mol. The van der Waals surface area contributed by atoms with Gasteiger partial charge in [-0.05, 0) is 211 Å². The molecule has 0 aliphatic heterocycles. The van der Waals surface area contributed by atoms with E-state index in [2.05, 4.69) is 561 Å². The van der Waals surface area contributed by atoms with Gasteiger partial charge in [-0.2, -0.15) is 0 Å². The molecule has 0 amide bonds. The minimum atomic E-state index is 1.15. The van der Waals surface area contributed by atoms with Crippen molar-refractivity contribution in [3.63, 3.8) is 0 Å². The van der Waals surface area contributed by atoms with E-state index >= 15 is 0 Å². The van der Waals surface area contributed by atoms with E-state index in [9.17, 15) is 0 Å². The summed E-state index contributed by atoms with van der Waals surface area (Å²) < 4.78 is 14.7. The fourth-order valence-electron chi connectivity index (χ4n) is 21.7. The number of para-hydroxylation sites is 6. The zero-order chi connectivity index (χ0) is 91.1. The molecule has 0 aliphatic rings. The van der Waals surface area contributed by atoms with Crippen molar-refractivity contribution in [1.82, 2.24) is 27.4 Å². The Labute approximate surface area is 798 Å². The van der Waals surface area contributed by atoms with E-state index in [1.807, 2.05) is 0 Å². The molecular weight excluding hydrogens is 1670 g/mol. The molecule has 646 valence electrons. The van der Waals surface area contributed by atoms with Gasteiger partial charge >= 0.3 is 0 Å². The Morgan fingerprint density at radius 1 is 0.0942 bits per heavy atom. The highest BCUT2D eigenvalue weighted by Gasteiger charge is 2.27. The summed E-state index contributed by atoms with van der Waals surface area (Å²) in [7, 11) is 0. The standard InChI is InChI=1S/C48H32N2.2C42H28N2/c1-4-14-33(15-5-1)36-24-26-39(27-25-36)49-45-23-13-11-21-43(45)47-46(49)29-28-42-41-20-10-12-22-44(41)50(48(42)47)40-31-37(34-16-6-2-7-17-34)30-38(32-40)35-18-8-3-9-19-35;1-3-13-29(14-4-1)31-17-11-19-33(27-31)43-39-24-10-8-22-37(39)41-40(43)26-25-36-35-21-7-9-23-38(35)44(42(36)41)34-20-12-18-32(28-34)30-15-5-2-6-16-30;1-3-12-29(13-4-1)31-22-24-33(25-23-31)44-38-20-9-7-18-35(38)36-26-27-40-41(42(36)44)37-19-8-10-21-39(37)43(40)34-17-11-16-32(28-34)30-14-5-2-6-15-30/h1-32H;2*1-28H. The third kappa shape index (κ3) is 13.8. The van der Waals surface area contributed by atoms with Crippen LogP contribution in [0, 0.1) is 0 Å². The Morgan fingerprint density at radius 3 is 0.601 bits per heavy atom. The minimum Gasteiger partial charge on any atom is -0.309 e. The maximum Gasteiger partial charge on any atom is 0.0641 e. The van der Waals surface area contributed by atoms with Crippen molar-refractivity contribution >= 4 is 131 Å². The lowest BCUT2D eigenvalue weighted by molar-refractivity contribution is 1.17. The van der Waals surface area contributed by atoms with Crippen LogP contribution in [-0.4, -0.2) is 27.4 Å². The predicted octanol–water partition coefficient (Wildman–Crippen LogP) is 35.3. The molecule has 138 heavy (non-hydrogen) atoms. The highest BCUT2D eigenvalue weighted by atomic mass is 15.0. The molecule has 0 spiro atoms. The maximum absolute atomic E-state index is 2.50. The van der Waals surface area contributed by atoms with Crippen LogP contribution in [0.4, 0.5) is 0 Å². The number of rotatable bonds is 13. The van der Waals surface area contributed by atoms with Crippen molar-refractivity contribution in [3.8, 4) is 112 Å². The Balaban J connectivity index is 0.000000107. The lowest BCUT2D eigenvalue weighted by atomic mass is 9.98. The number of hydrogen-bond donors (Lipinski definition) is 0. The van der Waals surface area contributed by atoms with Gasteiger partial charge in [0.25, 0.3) is 0 Å². The number of benzene rings is 22. The Bertz CT molecular complexity index is 9460. The largest absolute Gasteiger partial charge is 0.309 e. The number of aromatic nitrogens is 6. The molecule has 28 aromatic rings. The molecule has 0 N–H and O–H groups in total. The smallest absolute Gasteiger partial charge is 0.0641 e. The quantitative estimate of drug-likeness (QED) is 0.110. The van der Waals surface area contributed by atoms with E-state index in [1.165, 1.54) is 209 Å². The molecule has 0 atom stereocenters. The monoisotopic (exact) mass is 1760 g/mol. The van der Waals surface area contributed by atoms with Crippen molar-refractivity contribution in [2.75, 3.05) is 0 Å². The summed E-state index contributed by atoms with van der Waals surface area (Å²) in [4.78, 5) is 0. The molecule has 0 aliphatic carbocycles. The van der Waals surface area contributed by atoms with Crippen molar-refractivity contribution in [1.29, 1.82) is 0 Å². The van der Waals surface area contributed by atoms with Gasteiger partial charge in [0.15, 0.2) is 0 Å². The second kappa shape index (κ2) is 34.0. The molecule has 0 bridgehead atoms. The Kier molecular flexibility index (Phi) is 19.9. The third-order valence-electron chi connectivity index (χ3n) is 27.9. The second-order valence-corrected chi connectivity index (χ2v) is 35.8. The summed E-state index contributed by atoms with van der Waals surface area (Å²) in [5.41, 5.74) is 38.4. The third-order valence-corrected chi connectivity index (χ3v) is 27.9. The molecule has 0 fully saturated rings. The van der Waals surface area contributed by atoms with E-state index < -0.39 is 0 Å². The van der Waals surface area contributed by atoms with Crippen LogP contribution in [0.3, 0.4) is 0 Å². The van der Waals surface area contributed by atoms with Gasteiger partial charge in [0.2, 0.25) is 0 Å². The van der Waals surface area contributed by atoms with Gasteiger partial charge in [-0.1, -0.05) is 400 Å². The highest BCUT2D eigenvalue weighted by molar-refractivity contribution is 6.29. The van der Waals surface area contributed by atoms with Crippen LogP contribution >= 0.6 is 0 Å². The molecule has 28 rings (SSSR count). The summed E-state index contributed by atoms with van der Waals surface area (Å²) >= 11 is 0. The van der Waals surface area contributed by atoms with E-state index in [0.717, 1.165) is 34.1 Å². The molecular formula is C132H88N6. The van der Waals surface area contributed by atoms with Crippen molar-refractivity contribution in [3.05, 3.63) is 534 Å². The van der Waals surface area contributed by atoms with Gasteiger partial charge in [-0.3, -0.25) is 0 Å².